The van der Waals surface area contributed by atoms with E-state index in [2.05, 4.69) is 32.9 Å². The van der Waals surface area contributed by atoms with Crippen molar-refractivity contribution in [2.45, 2.75) is 19.4 Å². The first-order valence-electron chi connectivity index (χ1n) is 8.60. The fourth-order valence-electron chi connectivity index (χ4n) is 2.56. The molecule has 8 nitrogen and oxygen atoms in total. The second-order valence-corrected chi connectivity index (χ2v) is 6.02. The number of nitrogens with two attached hydrogens (primary N) is 1. The van der Waals surface area contributed by atoms with E-state index >= 15 is 0 Å². The Kier molecular flexibility index (Phi) is 5.88. The zero-order chi connectivity index (χ0) is 19.1. The molecule has 0 saturated heterocycles. The molecule has 0 unspecified atom stereocenters. The Morgan fingerprint density at radius 3 is 2.48 bits per heavy atom. The molecular weight excluding hydrogens is 344 g/mol. The standard InChI is InChI=1S/C19H20N6O2/c20-18(27)15-8-10-16(11-9-15)19-22-24-25(23-19)13-17(26)21-12-4-7-14-5-2-1-3-6-14/h1-3,5-6,8-11H,4,7,12-13H2,(H2,20,27)(H,21,26). The minimum atomic E-state index is -0.498. The molecule has 0 aliphatic rings. The van der Waals surface area contributed by atoms with Gasteiger partial charge in [-0.2, -0.15) is 4.80 Å². The Morgan fingerprint density at radius 2 is 1.78 bits per heavy atom. The van der Waals surface area contributed by atoms with Crippen molar-refractivity contribution in [2.24, 2.45) is 5.73 Å². The van der Waals surface area contributed by atoms with Gasteiger partial charge in [0.1, 0.15) is 6.54 Å². The van der Waals surface area contributed by atoms with Gasteiger partial charge in [0.05, 0.1) is 0 Å². The highest BCUT2D eigenvalue weighted by molar-refractivity contribution is 5.93. The minimum absolute atomic E-state index is 0.00228. The maximum atomic E-state index is 12.0. The molecule has 1 heterocycles. The van der Waals surface area contributed by atoms with E-state index in [0.29, 0.717) is 23.5 Å². The molecule has 0 saturated carbocycles. The maximum absolute atomic E-state index is 12.0. The first-order valence-corrected chi connectivity index (χ1v) is 8.60. The second kappa shape index (κ2) is 8.70. The lowest BCUT2D eigenvalue weighted by molar-refractivity contribution is -0.122. The molecule has 1 aromatic heterocycles. The number of carbonyl (C=O) groups excluding carboxylic acids is 2. The van der Waals surface area contributed by atoms with Crippen molar-refractivity contribution in [1.82, 2.24) is 25.5 Å². The van der Waals surface area contributed by atoms with Crippen LogP contribution in [0.1, 0.15) is 22.3 Å². The average Bonchev–Trinajstić information content (AvgIpc) is 3.14. The van der Waals surface area contributed by atoms with Crippen LogP contribution in [-0.4, -0.2) is 38.6 Å². The first kappa shape index (κ1) is 18.2. The molecule has 0 fully saturated rings. The van der Waals surface area contributed by atoms with Gasteiger partial charge in [-0.3, -0.25) is 9.59 Å². The molecule has 2 amide bonds. The molecule has 0 bridgehead atoms. The molecule has 138 valence electrons. The van der Waals surface area contributed by atoms with Crippen molar-refractivity contribution in [2.75, 3.05) is 6.54 Å². The van der Waals surface area contributed by atoms with Crippen molar-refractivity contribution in [3.8, 4) is 11.4 Å². The third-order valence-electron chi connectivity index (χ3n) is 3.97. The molecule has 3 rings (SSSR count). The average molecular weight is 364 g/mol. The highest BCUT2D eigenvalue weighted by Gasteiger charge is 2.10. The minimum Gasteiger partial charge on any atom is -0.366 e. The van der Waals surface area contributed by atoms with E-state index in [9.17, 15) is 9.59 Å². The molecule has 27 heavy (non-hydrogen) atoms. The summed E-state index contributed by atoms with van der Waals surface area (Å²) in [5, 5.41) is 14.9. The summed E-state index contributed by atoms with van der Waals surface area (Å²) >= 11 is 0. The fraction of sp³-hybridized carbons (Fsp3) is 0.211. The van der Waals surface area contributed by atoms with Crippen LogP contribution in [0.25, 0.3) is 11.4 Å². The number of primary amides is 1. The lowest BCUT2D eigenvalue weighted by Crippen LogP contribution is -2.29. The van der Waals surface area contributed by atoms with Crippen LogP contribution in [0.15, 0.2) is 54.6 Å². The maximum Gasteiger partial charge on any atom is 0.248 e. The third kappa shape index (κ3) is 5.21. The van der Waals surface area contributed by atoms with E-state index < -0.39 is 5.91 Å². The van der Waals surface area contributed by atoms with E-state index in [-0.39, 0.29) is 12.5 Å². The number of nitrogens with zero attached hydrogens (tertiary/aromatic N) is 4. The van der Waals surface area contributed by atoms with Gasteiger partial charge in [-0.15, -0.1) is 10.2 Å². The lowest BCUT2D eigenvalue weighted by atomic mass is 10.1. The number of nitrogens with one attached hydrogen (secondary N) is 1. The van der Waals surface area contributed by atoms with Crippen LogP contribution < -0.4 is 11.1 Å². The number of carbonyl (C=O) groups is 2. The SMILES string of the molecule is NC(=O)c1ccc(-c2nnn(CC(=O)NCCCc3ccccc3)n2)cc1. The Balaban J connectivity index is 1.47. The summed E-state index contributed by atoms with van der Waals surface area (Å²) in [5.74, 6) is -0.291. The molecular formula is C19H20N6O2. The van der Waals surface area contributed by atoms with E-state index in [1.54, 1.807) is 24.3 Å². The molecule has 3 aromatic rings. The van der Waals surface area contributed by atoms with Crippen molar-refractivity contribution in [3.63, 3.8) is 0 Å². The molecule has 0 atom stereocenters. The summed E-state index contributed by atoms with van der Waals surface area (Å²) < 4.78 is 0. The van der Waals surface area contributed by atoms with Crippen LogP contribution in [0.5, 0.6) is 0 Å². The van der Waals surface area contributed by atoms with E-state index in [4.69, 9.17) is 5.73 Å². The Morgan fingerprint density at radius 1 is 1.04 bits per heavy atom. The van der Waals surface area contributed by atoms with Gasteiger partial charge in [-0.25, -0.2) is 0 Å². The zero-order valence-corrected chi connectivity index (χ0v) is 14.7. The number of hydrogen-bond donors (Lipinski definition) is 2. The van der Waals surface area contributed by atoms with E-state index in [1.807, 2.05) is 18.2 Å². The summed E-state index contributed by atoms with van der Waals surface area (Å²) in [7, 11) is 0. The molecule has 0 radical (unpaired) electrons. The van der Waals surface area contributed by atoms with Crippen molar-refractivity contribution < 1.29 is 9.59 Å². The number of aromatic nitrogens is 4. The van der Waals surface area contributed by atoms with Gasteiger partial charge in [0, 0.05) is 17.7 Å². The zero-order valence-electron chi connectivity index (χ0n) is 14.7. The van der Waals surface area contributed by atoms with Crippen LogP contribution in [0.2, 0.25) is 0 Å². The number of benzene rings is 2. The van der Waals surface area contributed by atoms with Gasteiger partial charge in [0.25, 0.3) is 0 Å². The van der Waals surface area contributed by atoms with Crippen LogP contribution in [0.4, 0.5) is 0 Å². The number of aryl methyl sites for hydroxylation is 1. The van der Waals surface area contributed by atoms with Crippen LogP contribution in [0.3, 0.4) is 0 Å². The molecule has 2 aromatic carbocycles. The first-order chi connectivity index (χ1) is 13.1. The van der Waals surface area contributed by atoms with Crippen molar-refractivity contribution in [3.05, 3.63) is 65.7 Å². The van der Waals surface area contributed by atoms with Crippen LogP contribution in [0, 0.1) is 0 Å². The molecule has 0 aliphatic heterocycles. The largest absolute Gasteiger partial charge is 0.366 e. The topological polar surface area (TPSA) is 116 Å². The summed E-state index contributed by atoms with van der Waals surface area (Å²) in [6.07, 6.45) is 1.77. The Hall–Kier alpha value is -3.55. The third-order valence-corrected chi connectivity index (χ3v) is 3.97. The normalized spacial score (nSPS) is 10.5. The monoisotopic (exact) mass is 364 g/mol. The Bertz CT molecular complexity index is 905. The Labute approximate surface area is 156 Å². The van der Waals surface area contributed by atoms with Crippen LogP contribution in [-0.2, 0) is 17.8 Å². The second-order valence-electron chi connectivity index (χ2n) is 6.02. The summed E-state index contributed by atoms with van der Waals surface area (Å²) in [6.45, 7) is 0.585. The number of rotatable bonds is 8. The summed E-state index contributed by atoms with van der Waals surface area (Å²) in [5.41, 5.74) is 7.55. The summed E-state index contributed by atoms with van der Waals surface area (Å²) in [4.78, 5) is 24.3. The van der Waals surface area contributed by atoms with E-state index in [1.165, 1.54) is 10.4 Å². The van der Waals surface area contributed by atoms with Crippen molar-refractivity contribution in [1.29, 1.82) is 0 Å². The van der Waals surface area contributed by atoms with Gasteiger partial charge in [0.15, 0.2) is 0 Å². The highest BCUT2D eigenvalue weighted by atomic mass is 16.2. The number of tetrazole rings is 1. The predicted molar refractivity (Wildman–Crippen MR) is 99.5 cm³/mol. The lowest BCUT2D eigenvalue weighted by Gasteiger charge is -2.04. The van der Waals surface area contributed by atoms with Crippen molar-refractivity contribution >= 4 is 11.8 Å². The van der Waals surface area contributed by atoms with Gasteiger partial charge in [-0.05, 0) is 35.8 Å². The van der Waals surface area contributed by atoms with Gasteiger partial charge in [0.2, 0.25) is 17.6 Å². The predicted octanol–water partition coefficient (Wildman–Crippen LogP) is 1.19. The van der Waals surface area contributed by atoms with Gasteiger partial charge in [-0.1, -0.05) is 42.5 Å². The number of hydrogen-bond acceptors (Lipinski definition) is 5. The van der Waals surface area contributed by atoms with Gasteiger partial charge >= 0.3 is 0 Å². The number of amides is 2. The quantitative estimate of drug-likeness (QED) is 0.583. The van der Waals surface area contributed by atoms with E-state index in [0.717, 1.165) is 12.8 Å². The fourth-order valence-corrected chi connectivity index (χ4v) is 2.56. The molecule has 3 N–H and O–H groups in total. The van der Waals surface area contributed by atoms with Gasteiger partial charge < -0.3 is 11.1 Å². The highest BCUT2D eigenvalue weighted by Crippen LogP contribution is 2.14. The summed E-state index contributed by atoms with van der Waals surface area (Å²) in [6, 6.07) is 16.7. The molecule has 8 heteroatoms. The molecule has 0 aliphatic carbocycles. The molecule has 0 spiro atoms. The van der Waals surface area contributed by atoms with Crippen LogP contribution >= 0.6 is 0 Å². The smallest absolute Gasteiger partial charge is 0.248 e.